The highest BCUT2D eigenvalue weighted by atomic mass is 19.1. The van der Waals surface area contributed by atoms with Gasteiger partial charge in [0.1, 0.15) is 5.82 Å². The Morgan fingerprint density at radius 2 is 1.63 bits per heavy atom. The van der Waals surface area contributed by atoms with Crippen LogP contribution in [0.15, 0.2) is 91.0 Å². The summed E-state index contributed by atoms with van der Waals surface area (Å²) in [5.41, 5.74) is 3.55. The normalized spacial score (nSPS) is 18.6. The fourth-order valence-corrected chi connectivity index (χ4v) is 6.84. The lowest BCUT2D eigenvalue weighted by Gasteiger charge is -2.44. The molecule has 2 aliphatic heterocycles. The zero-order valence-corrected chi connectivity index (χ0v) is 23.5. The van der Waals surface area contributed by atoms with Gasteiger partial charge in [0.25, 0.3) is 5.91 Å². The second-order valence-electron chi connectivity index (χ2n) is 11.4. The summed E-state index contributed by atoms with van der Waals surface area (Å²) < 4.78 is 14.1. The maximum Gasteiger partial charge on any atom is 0.255 e. The van der Waals surface area contributed by atoms with Crippen molar-refractivity contribution in [2.75, 3.05) is 26.2 Å². The molecule has 0 radical (unpaired) electrons. The van der Waals surface area contributed by atoms with Gasteiger partial charge in [-0.15, -0.1) is 0 Å². The summed E-state index contributed by atoms with van der Waals surface area (Å²) in [4.78, 5) is 30.7. The first-order chi connectivity index (χ1) is 19.9. The molecule has 1 fully saturated rings. The van der Waals surface area contributed by atoms with Crippen molar-refractivity contribution in [1.29, 1.82) is 0 Å². The van der Waals surface area contributed by atoms with Crippen molar-refractivity contribution >= 4 is 22.6 Å². The number of piperidine rings is 1. The first-order valence-corrected chi connectivity index (χ1v) is 14.6. The minimum atomic E-state index is -0.571. The number of nitrogens with one attached hydrogen (secondary N) is 1. The summed E-state index contributed by atoms with van der Waals surface area (Å²) in [5.74, 6) is -0.318. The molecule has 0 spiro atoms. The topological polar surface area (TPSA) is 52.7 Å². The molecule has 0 aliphatic carbocycles. The molecule has 5 nitrogen and oxygen atoms in total. The molecule has 2 aliphatic rings. The number of amides is 2. The molecule has 1 atom stereocenters. The molecule has 0 bridgehead atoms. The van der Waals surface area contributed by atoms with E-state index in [0.717, 1.165) is 54.4 Å². The maximum absolute atomic E-state index is 14.1. The van der Waals surface area contributed by atoms with Gasteiger partial charge in [-0.1, -0.05) is 72.8 Å². The molecule has 1 saturated heterocycles. The van der Waals surface area contributed by atoms with Crippen LogP contribution < -0.4 is 5.32 Å². The Labute approximate surface area is 241 Å². The van der Waals surface area contributed by atoms with Crippen molar-refractivity contribution < 1.29 is 14.0 Å². The lowest BCUT2D eigenvalue weighted by Crippen LogP contribution is -2.53. The Morgan fingerprint density at radius 1 is 0.902 bits per heavy atom. The third kappa shape index (κ3) is 5.49. The maximum atomic E-state index is 14.1. The molecule has 2 heterocycles. The van der Waals surface area contributed by atoms with Gasteiger partial charge in [-0.05, 0) is 71.3 Å². The van der Waals surface area contributed by atoms with Crippen molar-refractivity contribution in [3.63, 3.8) is 0 Å². The number of fused-ring (bicyclic) bond motifs is 2. The zero-order valence-electron chi connectivity index (χ0n) is 23.5. The predicted molar refractivity (Wildman–Crippen MR) is 160 cm³/mol. The fourth-order valence-electron chi connectivity index (χ4n) is 6.84. The molecule has 1 N–H and O–H groups in total. The zero-order chi connectivity index (χ0) is 28.4. The van der Waals surface area contributed by atoms with Gasteiger partial charge in [-0.2, -0.15) is 0 Å². The SMILES string of the molecule is CC(=O)NC1(c2cccc(F)c2)CCN(CCC2c3ccccc3CCN2C(=O)c2cccc3ccccc23)CC1. The summed E-state index contributed by atoms with van der Waals surface area (Å²) in [5, 5.41) is 5.20. The van der Waals surface area contributed by atoms with Gasteiger partial charge < -0.3 is 15.1 Å². The summed E-state index contributed by atoms with van der Waals surface area (Å²) in [6.45, 7) is 4.60. The largest absolute Gasteiger partial charge is 0.347 e. The molecule has 0 aromatic heterocycles. The van der Waals surface area contributed by atoms with Crippen LogP contribution in [-0.4, -0.2) is 47.8 Å². The first kappa shape index (κ1) is 27.2. The van der Waals surface area contributed by atoms with E-state index in [1.165, 1.54) is 24.1 Å². The third-order valence-corrected chi connectivity index (χ3v) is 8.91. The third-order valence-electron chi connectivity index (χ3n) is 8.91. The average molecular weight is 550 g/mol. The number of benzene rings is 4. The number of hydrogen-bond donors (Lipinski definition) is 1. The minimum Gasteiger partial charge on any atom is -0.347 e. The van der Waals surface area contributed by atoms with Gasteiger partial charge in [0, 0.05) is 38.7 Å². The molecule has 4 aromatic carbocycles. The molecule has 1 unspecified atom stereocenters. The Hall–Kier alpha value is -4.03. The number of hydrogen-bond acceptors (Lipinski definition) is 3. The molecule has 4 aromatic rings. The predicted octanol–water partition coefficient (Wildman–Crippen LogP) is 6.24. The quantitative estimate of drug-likeness (QED) is 0.310. The molecule has 0 saturated carbocycles. The van der Waals surface area contributed by atoms with E-state index in [1.54, 1.807) is 12.1 Å². The van der Waals surface area contributed by atoms with Crippen LogP contribution in [0.4, 0.5) is 4.39 Å². The standard InChI is InChI=1S/C35H36FN3O2/c1-25(40)37-35(28-11-7-12-29(36)24-28)18-22-38(23-19-35)20-17-33-31-14-5-3-9-27(31)16-21-39(33)34(41)32-15-6-10-26-8-2-4-13-30(26)32/h2-15,24,33H,16-23H2,1H3,(H,37,40). The number of carbonyl (C=O) groups excluding carboxylic acids is 2. The van der Waals surface area contributed by atoms with E-state index in [0.29, 0.717) is 19.4 Å². The van der Waals surface area contributed by atoms with Crippen LogP contribution in [0.25, 0.3) is 10.8 Å². The minimum absolute atomic E-state index is 0.0170. The smallest absolute Gasteiger partial charge is 0.255 e. The number of carbonyl (C=O) groups is 2. The van der Waals surface area contributed by atoms with Gasteiger partial charge >= 0.3 is 0 Å². The van der Waals surface area contributed by atoms with Crippen LogP contribution in [0.5, 0.6) is 0 Å². The van der Waals surface area contributed by atoms with Crippen LogP contribution >= 0.6 is 0 Å². The Bertz CT molecular complexity index is 1570. The molecule has 41 heavy (non-hydrogen) atoms. The van der Waals surface area contributed by atoms with Crippen molar-refractivity contribution in [3.05, 3.63) is 119 Å². The average Bonchev–Trinajstić information content (AvgIpc) is 2.99. The van der Waals surface area contributed by atoms with E-state index in [4.69, 9.17) is 0 Å². The monoisotopic (exact) mass is 549 g/mol. The molecule has 6 rings (SSSR count). The molecule has 6 heteroatoms. The highest BCUT2D eigenvalue weighted by molar-refractivity contribution is 6.07. The van der Waals surface area contributed by atoms with E-state index in [2.05, 4.69) is 51.5 Å². The Kier molecular flexibility index (Phi) is 7.59. The summed E-state index contributed by atoms with van der Waals surface area (Å²) in [7, 11) is 0. The van der Waals surface area contributed by atoms with Crippen molar-refractivity contribution in [1.82, 2.24) is 15.1 Å². The van der Waals surface area contributed by atoms with Crippen molar-refractivity contribution in [3.8, 4) is 0 Å². The lowest BCUT2D eigenvalue weighted by atomic mass is 9.80. The molecular formula is C35H36FN3O2. The second kappa shape index (κ2) is 11.5. The summed E-state index contributed by atoms with van der Waals surface area (Å²) in [6, 6.07) is 29.1. The van der Waals surface area contributed by atoms with Crippen LogP contribution in [-0.2, 0) is 16.8 Å². The van der Waals surface area contributed by atoms with Gasteiger partial charge in [-0.3, -0.25) is 9.59 Å². The number of nitrogens with zero attached hydrogens (tertiary/aromatic N) is 2. The number of rotatable bonds is 6. The van der Waals surface area contributed by atoms with E-state index >= 15 is 0 Å². The van der Waals surface area contributed by atoms with Gasteiger partial charge in [0.15, 0.2) is 0 Å². The molecule has 210 valence electrons. The number of halogens is 1. The van der Waals surface area contributed by atoms with Gasteiger partial charge in [0.05, 0.1) is 11.6 Å². The fraction of sp³-hybridized carbons (Fsp3) is 0.314. The first-order valence-electron chi connectivity index (χ1n) is 14.6. The lowest BCUT2D eigenvalue weighted by molar-refractivity contribution is -0.121. The highest BCUT2D eigenvalue weighted by Crippen LogP contribution is 2.37. The summed E-state index contributed by atoms with van der Waals surface area (Å²) >= 11 is 0. The van der Waals surface area contributed by atoms with Crippen molar-refractivity contribution in [2.24, 2.45) is 0 Å². The number of likely N-dealkylation sites (tertiary alicyclic amines) is 1. The van der Waals surface area contributed by atoms with Crippen LogP contribution in [0.2, 0.25) is 0 Å². The molecule has 2 amide bonds. The molecular weight excluding hydrogens is 513 g/mol. The van der Waals surface area contributed by atoms with Gasteiger partial charge in [-0.25, -0.2) is 4.39 Å². The Balaban J connectivity index is 1.22. The second-order valence-corrected chi connectivity index (χ2v) is 11.4. The van der Waals surface area contributed by atoms with E-state index in [-0.39, 0.29) is 23.7 Å². The van der Waals surface area contributed by atoms with Gasteiger partial charge in [0.2, 0.25) is 5.91 Å². The highest BCUT2D eigenvalue weighted by Gasteiger charge is 2.38. The van der Waals surface area contributed by atoms with Crippen LogP contribution in [0.1, 0.15) is 59.3 Å². The van der Waals surface area contributed by atoms with Crippen molar-refractivity contribution in [2.45, 2.75) is 44.2 Å². The summed E-state index contributed by atoms with van der Waals surface area (Å²) in [6.07, 6.45) is 3.08. The van der Waals surface area contributed by atoms with E-state index < -0.39 is 5.54 Å². The Morgan fingerprint density at radius 3 is 2.44 bits per heavy atom. The van der Waals surface area contributed by atoms with E-state index in [9.17, 15) is 14.0 Å². The van der Waals surface area contributed by atoms with Crippen LogP contribution in [0, 0.1) is 5.82 Å². The van der Waals surface area contributed by atoms with E-state index in [1.807, 2.05) is 36.4 Å². The van der Waals surface area contributed by atoms with Crippen LogP contribution in [0.3, 0.4) is 0 Å².